The predicted octanol–water partition coefficient (Wildman–Crippen LogP) is -0.345. The van der Waals surface area contributed by atoms with Gasteiger partial charge in [-0.15, -0.1) is 0 Å². The minimum atomic E-state index is -0.599. The van der Waals surface area contributed by atoms with Gasteiger partial charge in [0.25, 0.3) is 0 Å². The van der Waals surface area contributed by atoms with Crippen molar-refractivity contribution < 1.29 is 19.1 Å². The quantitative estimate of drug-likeness (QED) is 0.595. The van der Waals surface area contributed by atoms with E-state index in [-0.39, 0.29) is 0 Å². The monoisotopic (exact) mass is 319 g/mol. The van der Waals surface area contributed by atoms with E-state index in [9.17, 15) is 14.4 Å². The van der Waals surface area contributed by atoms with Gasteiger partial charge in [0.05, 0.1) is 7.11 Å². The molecule has 0 unspecified atom stereocenters. The molecule has 23 heavy (non-hydrogen) atoms. The Labute approximate surface area is 135 Å². The molecule has 1 aromatic carbocycles. The lowest BCUT2D eigenvalue weighted by Crippen LogP contribution is -2.52. The maximum absolute atomic E-state index is 12.0. The average Bonchev–Trinajstić information content (AvgIpc) is 2.61. The van der Waals surface area contributed by atoms with Gasteiger partial charge in [-0.25, -0.2) is 0 Å². The lowest BCUT2D eigenvalue weighted by atomic mass is 10.1. The largest absolute Gasteiger partial charge is 0.497 e. The molecule has 0 bridgehead atoms. The van der Waals surface area contributed by atoms with E-state index in [0.29, 0.717) is 39.1 Å². The van der Waals surface area contributed by atoms with Gasteiger partial charge in [0.15, 0.2) is 0 Å². The number of amides is 3. The second-order valence-corrected chi connectivity index (χ2v) is 5.29. The molecule has 0 saturated carbocycles. The Morgan fingerprint density at radius 3 is 2.39 bits per heavy atom. The molecule has 1 fully saturated rings. The summed E-state index contributed by atoms with van der Waals surface area (Å²) < 4.78 is 5.08. The van der Waals surface area contributed by atoms with Gasteiger partial charge in [-0.1, -0.05) is 12.1 Å². The molecule has 2 rings (SSSR count). The molecule has 0 aliphatic carbocycles. The number of carbonyl (C=O) groups is 3. The Morgan fingerprint density at radius 1 is 1.17 bits per heavy atom. The van der Waals surface area contributed by atoms with Crippen molar-refractivity contribution in [2.75, 3.05) is 39.8 Å². The van der Waals surface area contributed by atoms with Crippen LogP contribution in [-0.4, -0.2) is 67.9 Å². The van der Waals surface area contributed by atoms with Crippen LogP contribution in [-0.2, 0) is 20.8 Å². The Balaban J connectivity index is 1.73. The van der Waals surface area contributed by atoms with Crippen molar-refractivity contribution in [3.05, 3.63) is 29.8 Å². The molecule has 3 amide bonds. The number of benzene rings is 1. The number of piperazine rings is 1. The van der Waals surface area contributed by atoms with Crippen LogP contribution in [0.2, 0.25) is 0 Å². The van der Waals surface area contributed by atoms with E-state index < -0.39 is 11.8 Å². The van der Waals surface area contributed by atoms with Crippen LogP contribution >= 0.6 is 0 Å². The zero-order valence-corrected chi connectivity index (χ0v) is 13.2. The zero-order valence-electron chi connectivity index (χ0n) is 13.2. The smallest absolute Gasteiger partial charge is 0.312 e. The summed E-state index contributed by atoms with van der Waals surface area (Å²) in [4.78, 5) is 37.6. The molecule has 1 saturated heterocycles. The number of ether oxygens (including phenoxy) is 1. The van der Waals surface area contributed by atoms with Gasteiger partial charge >= 0.3 is 11.8 Å². The fraction of sp³-hybridized carbons (Fsp3) is 0.438. The highest BCUT2D eigenvalue weighted by atomic mass is 16.5. The van der Waals surface area contributed by atoms with E-state index in [1.165, 1.54) is 4.90 Å². The van der Waals surface area contributed by atoms with Crippen molar-refractivity contribution in [3.8, 4) is 5.75 Å². The maximum Gasteiger partial charge on any atom is 0.312 e. The van der Waals surface area contributed by atoms with E-state index in [1.807, 2.05) is 24.3 Å². The zero-order chi connectivity index (χ0) is 16.7. The summed E-state index contributed by atoms with van der Waals surface area (Å²) in [6.07, 6.45) is 1.40. The third-order valence-corrected chi connectivity index (χ3v) is 3.80. The fourth-order valence-corrected chi connectivity index (χ4v) is 2.36. The van der Waals surface area contributed by atoms with Crippen LogP contribution in [0.1, 0.15) is 5.56 Å². The van der Waals surface area contributed by atoms with Gasteiger partial charge in [-0.2, -0.15) is 0 Å². The number of nitrogens with one attached hydrogen (secondary N) is 1. The first kappa shape index (κ1) is 16.8. The molecule has 0 aromatic heterocycles. The number of hydrogen-bond acceptors (Lipinski definition) is 4. The molecule has 7 heteroatoms. The molecule has 124 valence electrons. The average molecular weight is 319 g/mol. The molecule has 0 atom stereocenters. The molecule has 1 N–H and O–H groups in total. The van der Waals surface area contributed by atoms with Crippen molar-refractivity contribution in [2.24, 2.45) is 0 Å². The van der Waals surface area contributed by atoms with Crippen LogP contribution in [0.3, 0.4) is 0 Å². The Morgan fingerprint density at radius 2 is 1.83 bits per heavy atom. The number of methoxy groups -OCH3 is 1. The van der Waals surface area contributed by atoms with Gasteiger partial charge in [-0.3, -0.25) is 14.4 Å². The summed E-state index contributed by atoms with van der Waals surface area (Å²) in [6.45, 7) is 2.11. The number of rotatable bonds is 5. The molecule has 1 heterocycles. The van der Waals surface area contributed by atoms with Gasteiger partial charge in [0.1, 0.15) is 5.75 Å². The van der Waals surface area contributed by atoms with E-state index in [0.717, 1.165) is 17.7 Å². The first-order valence-corrected chi connectivity index (χ1v) is 7.53. The minimum absolute atomic E-state index is 0.392. The molecule has 7 nitrogen and oxygen atoms in total. The van der Waals surface area contributed by atoms with Gasteiger partial charge in [-0.05, 0) is 24.1 Å². The number of hydrogen-bond donors (Lipinski definition) is 1. The SMILES string of the molecule is COc1ccc(CCNC(=O)C(=O)N2CCN(C=O)CC2)cc1. The third kappa shape index (κ3) is 4.70. The van der Waals surface area contributed by atoms with Crippen LogP contribution in [0.5, 0.6) is 5.75 Å². The van der Waals surface area contributed by atoms with Crippen LogP contribution < -0.4 is 10.1 Å². The molecule has 1 aliphatic heterocycles. The second-order valence-electron chi connectivity index (χ2n) is 5.29. The highest BCUT2D eigenvalue weighted by molar-refractivity contribution is 6.35. The summed E-state index contributed by atoms with van der Waals surface area (Å²) in [5, 5.41) is 2.64. The summed E-state index contributed by atoms with van der Waals surface area (Å²) in [5.41, 5.74) is 1.05. The number of nitrogens with zero attached hydrogens (tertiary/aromatic N) is 2. The van der Waals surface area contributed by atoms with Crippen molar-refractivity contribution in [2.45, 2.75) is 6.42 Å². The summed E-state index contributed by atoms with van der Waals surface area (Å²) in [5.74, 6) is -0.356. The molecule has 0 radical (unpaired) electrons. The summed E-state index contributed by atoms with van der Waals surface area (Å²) in [7, 11) is 1.61. The summed E-state index contributed by atoms with van der Waals surface area (Å²) >= 11 is 0. The Hall–Kier alpha value is -2.57. The van der Waals surface area contributed by atoms with Gasteiger partial charge in [0, 0.05) is 32.7 Å². The van der Waals surface area contributed by atoms with E-state index in [4.69, 9.17) is 4.74 Å². The van der Waals surface area contributed by atoms with Crippen LogP contribution in [0.25, 0.3) is 0 Å². The molecular formula is C16H21N3O4. The molecule has 1 aromatic rings. The van der Waals surface area contributed by atoms with Crippen molar-refractivity contribution in [3.63, 3.8) is 0 Å². The molecule has 1 aliphatic rings. The van der Waals surface area contributed by atoms with Gasteiger partial charge in [0.2, 0.25) is 6.41 Å². The van der Waals surface area contributed by atoms with E-state index >= 15 is 0 Å². The minimum Gasteiger partial charge on any atom is -0.497 e. The number of carbonyl (C=O) groups excluding carboxylic acids is 3. The van der Waals surface area contributed by atoms with E-state index in [2.05, 4.69) is 5.32 Å². The molecule has 0 spiro atoms. The van der Waals surface area contributed by atoms with Gasteiger partial charge < -0.3 is 19.9 Å². The predicted molar refractivity (Wildman–Crippen MR) is 83.9 cm³/mol. The highest BCUT2D eigenvalue weighted by Gasteiger charge is 2.25. The lowest BCUT2D eigenvalue weighted by molar-refractivity contribution is -0.147. The van der Waals surface area contributed by atoms with E-state index in [1.54, 1.807) is 12.0 Å². The topological polar surface area (TPSA) is 79.0 Å². The first-order valence-electron chi connectivity index (χ1n) is 7.53. The molecular weight excluding hydrogens is 298 g/mol. The fourth-order valence-electron chi connectivity index (χ4n) is 2.36. The normalized spacial score (nSPS) is 14.3. The van der Waals surface area contributed by atoms with Crippen LogP contribution in [0.4, 0.5) is 0 Å². The van der Waals surface area contributed by atoms with Crippen molar-refractivity contribution in [1.82, 2.24) is 15.1 Å². The first-order chi connectivity index (χ1) is 11.1. The standard InChI is InChI=1S/C16H21N3O4/c1-23-14-4-2-13(3-5-14)6-7-17-15(21)16(22)19-10-8-18(12-20)9-11-19/h2-5,12H,6-11H2,1H3,(H,17,21). The Bertz CT molecular complexity index is 551. The van der Waals surface area contributed by atoms with Crippen LogP contribution in [0, 0.1) is 0 Å². The van der Waals surface area contributed by atoms with Crippen molar-refractivity contribution >= 4 is 18.2 Å². The van der Waals surface area contributed by atoms with Crippen LogP contribution in [0.15, 0.2) is 24.3 Å². The summed E-state index contributed by atoms with van der Waals surface area (Å²) in [6, 6.07) is 7.56. The van der Waals surface area contributed by atoms with Crippen molar-refractivity contribution in [1.29, 1.82) is 0 Å². The second kappa shape index (κ2) is 8.17. The third-order valence-electron chi connectivity index (χ3n) is 3.80. The lowest BCUT2D eigenvalue weighted by Gasteiger charge is -2.31. The maximum atomic E-state index is 12.0. The highest BCUT2D eigenvalue weighted by Crippen LogP contribution is 2.11. The Kier molecular flexibility index (Phi) is 5.96.